The van der Waals surface area contributed by atoms with Crippen molar-refractivity contribution in [3.8, 4) is 17.0 Å². The van der Waals surface area contributed by atoms with Crippen LogP contribution in [0.4, 0.5) is 8.78 Å². The Morgan fingerprint density at radius 3 is 2.69 bits per heavy atom. The van der Waals surface area contributed by atoms with Crippen LogP contribution in [0, 0.1) is 11.6 Å². The maximum absolute atomic E-state index is 14.4. The topological polar surface area (TPSA) is 89.3 Å². The number of phenols is 1. The van der Waals surface area contributed by atoms with E-state index in [0.29, 0.717) is 23.7 Å². The molecule has 5 rings (SSSR count). The molecule has 3 aromatic heterocycles. The van der Waals surface area contributed by atoms with Gasteiger partial charge in [-0.25, -0.2) is 18.3 Å². The molecule has 1 saturated carbocycles. The number of pyridine rings is 1. The summed E-state index contributed by atoms with van der Waals surface area (Å²) in [7, 11) is 0. The number of aromatic nitrogens is 4. The summed E-state index contributed by atoms with van der Waals surface area (Å²) >= 11 is 0. The van der Waals surface area contributed by atoms with E-state index in [1.165, 1.54) is 11.6 Å². The molecule has 0 unspecified atom stereocenters. The zero-order valence-corrected chi connectivity index (χ0v) is 17.4. The minimum absolute atomic E-state index is 0.122. The Labute approximate surface area is 183 Å². The third-order valence-corrected chi connectivity index (χ3v) is 6.18. The predicted molar refractivity (Wildman–Crippen MR) is 116 cm³/mol. The van der Waals surface area contributed by atoms with Gasteiger partial charge in [0.15, 0.2) is 0 Å². The molecule has 2 atom stereocenters. The number of benzene rings is 1. The summed E-state index contributed by atoms with van der Waals surface area (Å²) < 4.78 is 30.4. The minimum atomic E-state index is -0.876. The van der Waals surface area contributed by atoms with Crippen molar-refractivity contribution in [3.05, 3.63) is 77.5 Å². The summed E-state index contributed by atoms with van der Waals surface area (Å²) in [6.45, 7) is 0. The molecule has 1 aliphatic rings. The number of aromatic hydroxyl groups is 1. The van der Waals surface area contributed by atoms with E-state index in [1.54, 1.807) is 23.0 Å². The number of nitrogens with two attached hydrogens (primary N) is 1. The molecule has 6 nitrogen and oxygen atoms in total. The largest absolute Gasteiger partial charge is 0.508 e. The van der Waals surface area contributed by atoms with Crippen LogP contribution in [0.15, 0.2) is 48.9 Å². The van der Waals surface area contributed by atoms with Gasteiger partial charge in [-0.3, -0.25) is 4.98 Å². The number of imidazole rings is 1. The van der Waals surface area contributed by atoms with Gasteiger partial charge in [-0.05, 0) is 54.5 Å². The molecule has 0 spiro atoms. The summed E-state index contributed by atoms with van der Waals surface area (Å²) in [5.41, 5.74) is 9.03. The van der Waals surface area contributed by atoms with E-state index in [9.17, 15) is 13.9 Å². The quantitative estimate of drug-likeness (QED) is 0.497. The van der Waals surface area contributed by atoms with E-state index >= 15 is 0 Å². The number of halogens is 2. The number of hydrogen-bond acceptors (Lipinski definition) is 5. The summed E-state index contributed by atoms with van der Waals surface area (Å²) in [4.78, 5) is 8.81. The molecule has 32 heavy (non-hydrogen) atoms. The fourth-order valence-electron chi connectivity index (χ4n) is 4.66. The van der Waals surface area contributed by atoms with Crippen molar-refractivity contribution in [1.82, 2.24) is 19.6 Å². The second-order valence-electron chi connectivity index (χ2n) is 8.39. The van der Waals surface area contributed by atoms with E-state index in [4.69, 9.17) is 5.73 Å². The zero-order valence-electron chi connectivity index (χ0n) is 17.4. The van der Waals surface area contributed by atoms with Crippen LogP contribution in [0.5, 0.6) is 5.75 Å². The second kappa shape index (κ2) is 8.27. The molecular weight excluding hydrogens is 412 g/mol. The lowest BCUT2D eigenvalue weighted by Gasteiger charge is -2.28. The Morgan fingerprint density at radius 2 is 1.91 bits per heavy atom. The van der Waals surface area contributed by atoms with Crippen LogP contribution in [0.2, 0.25) is 0 Å². The van der Waals surface area contributed by atoms with Gasteiger partial charge >= 0.3 is 0 Å². The van der Waals surface area contributed by atoms with Crippen LogP contribution in [0.1, 0.15) is 48.6 Å². The number of hydrogen-bond donors (Lipinski definition) is 2. The number of nitrogens with zero attached hydrogens (tertiary/aromatic N) is 4. The van der Waals surface area contributed by atoms with Crippen molar-refractivity contribution in [3.63, 3.8) is 0 Å². The number of fused-ring (bicyclic) bond motifs is 1. The normalized spacial score (nSPS) is 18.8. The van der Waals surface area contributed by atoms with Crippen LogP contribution >= 0.6 is 0 Å². The molecule has 0 amide bonds. The highest BCUT2D eigenvalue weighted by Crippen LogP contribution is 2.34. The van der Waals surface area contributed by atoms with E-state index in [2.05, 4.69) is 15.1 Å². The van der Waals surface area contributed by atoms with E-state index in [-0.39, 0.29) is 17.3 Å². The van der Waals surface area contributed by atoms with Gasteiger partial charge in [-0.2, -0.15) is 5.10 Å². The number of rotatable bonds is 4. The summed E-state index contributed by atoms with van der Waals surface area (Å²) in [5.74, 6) is -1.19. The molecule has 0 saturated heterocycles. The highest BCUT2D eigenvalue weighted by atomic mass is 19.1. The molecule has 0 aliphatic heterocycles. The Hall–Kier alpha value is -3.39. The average Bonchev–Trinajstić information content (AvgIpc) is 3.15. The van der Waals surface area contributed by atoms with Gasteiger partial charge in [0.05, 0.1) is 23.0 Å². The van der Waals surface area contributed by atoms with E-state index in [0.717, 1.165) is 43.4 Å². The fraction of sp³-hybridized carbons (Fsp3) is 0.292. The molecule has 1 fully saturated rings. The molecule has 0 radical (unpaired) electrons. The average molecular weight is 435 g/mol. The van der Waals surface area contributed by atoms with Crippen molar-refractivity contribution < 1.29 is 13.9 Å². The molecule has 8 heteroatoms. The third kappa shape index (κ3) is 3.82. The first kappa shape index (κ1) is 20.5. The molecular formula is C24H23F2N5O. The fourth-order valence-corrected chi connectivity index (χ4v) is 4.66. The third-order valence-electron chi connectivity index (χ3n) is 6.18. The molecule has 3 heterocycles. The molecule has 164 valence electrons. The monoisotopic (exact) mass is 435 g/mol. The summed E-state index contributed by atoms with van der Waals surface area (Å²) in [6.07, 6.45) is 10.0. The molecule has 3 N–H and O–H groups in total. The first-order chi connectivity index (χ1) is 15.5. The highest BCUT2D eigenvalue weighted by Gasteiger charge is 2.23. The van der Waals surface area contributed by atoms with Crippen LogP contribution < -0.4 is 5.73 Å². The summed E-state index contributed by atoms with van der Waals surface area (Å²) in [5, 5.41) is 13.9. The maximum atomic E-state index is 14.4. The SMILES string of the molecule is N[C@H]1CCC[C@@H](c2ccncc2Cc2ncc3ccc(-c4c(F)cc(O)cc4F)nn23)C1. The maximum Gasteiger partial charge on any atom is 0.139 e. The minimum Gasteiger partial charge on any atom is -0.508 e. The van der Waals surface area contributed by atoms with Crippen molar-refractivity contribution in [2.75, 3.05) is 0 Å². The van der Waals surface area contributed by atoms with Gasteiger partial charge < -0.3 is 10.8 Å². The van der Waals surface area contributed by atoms with Crippen LogP contribution in [-0.4, -0.2) is 30.7 Å². The lowest BCUT2D eigenvalue weighted by Crippen LogP contribution is -2.27. The second-order valence-corrected chi connectivity index (χ2v) is 8.39. The first-order valence-corrected chi connectivity index (χ1v) is 10.7. The Morgan fingerprint density at radius 1 is 1.09 bits per heavy atom. The van der Waals surface area contributed by atoms with Gasteiger partial charge in [-0.15, -0.1) is 0 Å². The predicted octanol–water partition coefficient (Wildman–Crippen LogP) is 4.35. The highest BCUT2D eigenvalue weighted by molar-refractivity contribution is 5.63. The molecule has 1 aliphatic carbocycles. The van der Waals surface area contributed by atoms with Crippen molar-refractivity contribution >= 4 is 5.52 Å². The Balaban J connectivity index is 1.53. The Kier molecular flexibility index (Phi) is 5.30. The standard InChI is InChI=1S/C24H23F2N5O/c25-20-10-18(32)11-21(26)24(20)22-5-4-17-13-29-23(31(17)30-22)9-15-12-28-7-6-19(15)14-2-1-3-16(27)8-14/h4-7,10-14,16,32H,1-3,8-9,27H2/t14-,16+/m1/s1. The van der Waals surface area contributed by atoms with Crippen molar-refractivity contribution in [1.29, 1.82) is 0 Å². The van der Waals surface area contributed by atoms with Gasteiger partial charge in [0.1, 0.15) is 23.2 Å². The van der Waals surface area contributed by atoms with Gasteiger partial charge in [0.2, 0.25) is 0 Å². The van der Waals surface area contributed by atoms with E-state index < -0.39 is 17.4 Å². The Bertz CT molecular complexity index is 1270. The van der Waals surface area contributed by atoms with Crippen LogP contribution in [0.25, 0.3) is 16.8 Å². The van der Waals surface area contributed by atoms with Crippen molar-refractivity contribution in [2.24, 2.45) is 5.73 Å². The van der Waals surface area contributed by atoms with Gasteiger partial charge in [0, 0.05) is 37.0 Å². The van der Waals surface area contributed by atoms with E-state index in [1.807, 2.05) is 12.3 Å². The van der Waals surface area contributed by atoms with Gasteiger partial charge in [0.25, 0.3) is 0 Å². The molecule has 1 aromatic carbocycles. The smallest absolute Gasteiger partial charge is 0.139 e. The van der Waals surface area contributed by atoms with Gasteiger partial charge in [-0.1, -0.05) is 6.42 Å². The molecule has 0 bridgehead atoms. The number of phenolic OH excluding ortho intramolecular Hbond substituents is 1. The lowest BCUT2D eigenvalue weighted by molar-refractivity contribution is 0.392. The van der Waals surface area contributed by atoms with Crippen LogP contribution in [-0.2, 0) is 6.42 Å². The molecule has 4 aromatic rings. The lowest BCUT2D eigenvalue weighted by atomic mass is 9.80. The summed E-state index contributed by atoms with van der Waals surface area (Å²) in [6, 6.07) is 7.26. The zero-order chi connectivity index (χ0) is 22.2. The first-order valence-electron chi connectivity index (χ1n) is 10.7. The van der Waals surface area contributed by atoms with Crippen LogP contribution in [0.3, 0.4) is 0 Å². The van der Waals surface area contributed by atoms with Crippen molar-refractivity contribution in [2.45, 2.75) is 44.1 Å².